The number of amides is 1. The highest BCUT2D eigenvalue weighted by Gasteiger charge is 2.30. The second kappa shape index (κ2) is 8.46. The van der Waals surface area contributed by atoms with E-state index in [1.807, 2.05) is 19.1 Å². The Labute approximate surface area is 139 Å². The molecule has 0 bridgehead atoms. The number of aryl methyl sites for hydroxylation is 1. The van der Waals surface area contributed by atoms with Crippen LogP contribution in [0.4, 0.5) is 5.69 Å². The number of rotatable bonds is 9. The van der Waals surface area contributed by atoms with E-state index >= 15 is 0 Å². The van der Waals surface area contributed by atoms with E-state index in [0.29, 0.717) is 18.5 Å². The molecule has 0 heterocycles. The van der Waals surface area contributed by atoms with Crippen molar-refractivity contribution in [2.75, 3.05) is 25.0 Å². The molecule has 0 unspecified atom stereocenters. The number of carbonyl (C=O) groups is 1. The minimum absolute atomic E-state index is 0.0668. The number of unbranched alkanes of at least 4 members (excludes halogenated alkanes) is 1. The van der Waals surface area contributed by atoms with Crippen molar-refractivity contribution >= 4 is 11.6 Å². The Bertz CT molecular complexity index is 524. The van der Waals surface area contributed by atoms with Gasteiger partial charge in [-0.2, -0.15) is 0 Å². The Kier molecular flexibility index (Phi) is 6.60. The predicted octanol–water partition coefficient (Wildman–Crippen LogP) is 3.29. The van der Waals surface area contributed by atoms with Crippen molar-refractivity contribution in [1.82, 2.24) is 4.90 Å². The molecule has 0 aliphatic heterocycles. The van der Waals surface area contributed by atoms with Gasteiger partial charge in [0.15, 0.2) is 0 Å². The van der Waals surface area contributed by atoms with Crippen molar-refractivity contribution in [1.29, 1.82) is 0 Å². The van der Waals surface area contributed by atoms with Gasteiger partial charge in [-0.25, -0.2) is 0 Å². The van der Waals surface area contributed by atoms with Gasteiger partial charge in [0.2, 0.25) is 5.91 Å². The van der Waals surface area contributed by atoms with E-state index in [2.05, 4.69) is 30.1 Å². The van der Waals surface area contributed by atoms with Gasteiger partial charge in [0.25, 0.3) is 0 Å². The molecule has 1 amide bonds. The molecule has 2 rings (SSSR count). The largest absolute Gasteiger partial charge is 0.396 e. The number of benzene rings is 1. The van der Waals surface area contributed by atoms with Gasteiger partial charge in [-0.1, -0.05) is 32.0 Å². The lowest BCUT2D eigenvalue weighted by atomic mass is 9.98. The fourth-order valence-corrected chi connectivity index (χ4v) is 2.96. The van der Waals surface area contributed by atoms with Crippen LogP contribution in [0.15, 0.2) is 18.2 Å². The lowest BCUT2D eigenvalue weighted by Crippen LogP contribution is -2.36. The van der Waals surface area contributed by atoms with Crippen molar-refractivity contribution in [3.63, 3.8) is 0 Å². The van der Waals surface area contributed by atoms with Crippen molar-refractivity contribution in [3.05, 3.63) is 29.3 Å². The van der Waals surface area contributed by atoms with Gasteiger partial charge >= 0.3 is 0 Å². The van der Waals surface area contributed by atoms with E-state index in [0.717, 1.165) is 30.6 Å². The third kappa shape index (κ3) is 5.33. The predicted molar refractivity (Wildman–Crippen MR) is 94.8 cm³/mol. The van der Waals surface area contributed by atoms with Crippen LogP contribution in [0, 0.1) is 6.92 Å². The summed E-state index contributed by atoms with van der Waals surface area (Å²) < 4.78 is 0. The lowest BCUT2D eigenvalue weighted by Gasteiger charge is -2.22. The highest BCUT2D eigenvalue weighted by molar-refractivity contribution is 5.94. The summed E-state index contributed by atoms with van der Waals surface area (Å²) >= 11 is 0. The second-order valence-electron chi connectivity index (χ2n) is 6.87. The van der Waals surface area contributed by atoms with E-state index in [1.54, 1.807) is 0 Å². The minimum atomic E-state index is 0.0668. The van der Waals surface area contributed by atoms with Crippen LogP contribution in [-0.2, 0) is 4.79 Å². The van der Waals surface area contributed by atoms with Crippen LogP contribution in [-0.4, -0.2) is 41.7 Å². The number of hydrogen-bond donors (Lipinski definition) is 2. The lowest BCUT2D eigenvalue weighted by molar-refractivity contribution is -0.117. The smallest absolute Gasteiger partial charge is 0.238 e. The Morgan fingerprint density at radius 3 is 2.70 bits per heavy atom. The average Bonchev–Trinajstić information content (AvgIpc) is 3.33. The Hall–Kier alpha value is -1.39. The summed E-state index contributed by atoms with van der Waals surface area (Å²) in [6, 6.07) is 6.74. The highest BCUT2D eigenvalue weighted by Crippen LogP contribution is 2.29. The van der Waals surface area contributed by atoms with Gasteiger partial charge in [0, 0.05) is 18.3 Å². The molecule has 0 saturated heterocycles. The van der Waals surface area contributed by atoms with E-state index in [-0.39, 0.29) is 12.5 Å². The van der Waals surface area contributed by atoms with Gasteiger partial charge in [0.1, 0.15) is 0 Å². The van der Waals surface area contributed by atoms with Gasteiger partial charge in [0.05, 0.1) is 6.54 Å². The first-order chi connectivity index (χ1) is 11.0. The van der Waals surface area contributed by atoms with Gasteiger partial charge < -0.3 is 10.4 Å². The van der Waals surface area contributed by atoms with E-state index < -0.39 is 0 Å². The molecule has 4 heteroatoms. The van der Waals surface area contributed by atoms with Gasteiger partial charge in [-0.05, 0) is 56.2 Å². The average molecular weight is 318 g/mol. The van der Waals surface area contributed by atoms with Crippen LogP contribution >= 0.6 is 0 Å². The number of aliphatic hydroxyl groups is 1. The number of carbonyl (C=O) groups excluding carboxylic acids is 1. The first kappa shape index (κ1) is 18.0. The van der Waals surface area contributed by atoms with Gasteiger partial charge in [-0.3, -0.25) is 9.69 Å². The quantitative estimate of drug-likeness (QED) is 0.687. The molecule has 1 fully saturated rings. The van der Waals surface area contributed by atoms with Crippen LogP contribution in [0.25, 0.3) is 0 Å². The molecule has 0 spiro atoms. The molecule has 0 radical (unpaired) electrons. The maximum atomic E-state index is 12.5. The van der Waals surface area contributed by atoms with Crippen molar-refractivity contribution in [3.8, 4) is 0 Å². The van der Waals surface area contributed by atoms with E-state index in [9.17, 15) is 4.79 Å². The zero-order valence-electron chi connectivity index (χ0n) is 14.6. The number of nitrogens with zero attached hydrogens (tertiary/aromatic N) is 1. The third-order valence-electron chi connectivity index (χ3n) is 4.45. The molecule has 128 valence electrons. The molecule has 1 aromatic rings. The van der Waals surface area contributed by atoms with Crippen molar-refractivity contribution < 1.29 is 9.90 Å². The molecule has 4 nitrogen and oxygen atoms in total. The van der Waals surface area contributed by atoms with Crippen LogP contribution < -0.4 is 5.32 Å². The van der Waals surface area contributed by atoms with Crippen molar-refractivity contribution in [2.24, 2.45) is 0 Å². The number of anilines is 1. The molecule has 1 aliphatic rings. The van der Waals surface area contributed by atoms with Crippen LogP contribution in [0.1, 0.15) is 56.6 Å². The number of para-hydroxylation sites is 1. The first-order valence-corrected chi connectivity index (χ1v) is 8.77. The molecule has 1 saturated carbocycles. The molecule has 0 atom stereocenters. The molecule has 1 aromatic carbocycles. The molecule has 2 N–H and O–H groups in total. The molecule has 0 aromatic heterocycles. The minimum Gasteiger partial charge on any atom is -0.396 e. The van der Waals surface area contributed by atoms with Gasteiger partial charge in [-0.15, -0.1) is 0 Å². The first-order valence-electron chi connectivity index (χ1n) is 8.77. The summed E-state index contributed by atoms with van der Waals surface area (Å²) in [5, 5.41) is 12.1. The summed E-state index contributed by atoms with van der Waals surface area (Å²) in [4.78, 5) is 14.8. The van der Waals surface area contributed by atoms with Crippen LogP contribution in [0.5, 0.6) is 0 Å². The number of nitrogens with one attached hydrogen (secondary N) is 1. The maximum Gasteiger partial charge on any atom is 0.238 e. The topological polar surface area (TPSA) is 52.6 Å². The van der Waals surface area contributed by atoms with E-state index in [1.165, 1.54) is 18.4 Å². The molecular formula is C19H30N2O2. The summed E-state index contributed by atoms with van der Waals surface area (Å²) in [5.74, 6) is 0.450. The normalized spacial score (nSPS) is 14.5. The standard InChI is InChI=1S/C19H30N2O2/c1-14(2)17-8-6-7-15(3)19(17)20-18(23)13-21(16-9-10-16)11-4-5-12-22/h6-8,14,16,22H,4-5,9-13H2,1-3H3,(H,20,23). The van der Waals surface area contributed by atoms with E-state index in [4.69, 9.17) is 5.11 Å². The number of aliphatic hydroxyl groups excluding tert-OH is 1. The second-order valence-corrected chi connectivity index (χ2v) is 6.87. The summed E-state index contributed by atoms with van der Waals surface area (Å²) in [6.07, 6.45) is 4.13. The molecule has 23 heavy (non-hydrogen) atoms. The highest BCUT2D eigenvalue weighted by atomic mass is 16.2. The van der Waals surface area contributed by atoms with Crippen LogP contribution in [0.2, 0.25) is 0 Å². The summed E-state index contributed by atoms with van der Waals surface area (Å²) in [7, 11) is 0. The maximum absolute atomic E-state index is 12.5. The van der Waals surface area contributed by atoms with Crippen molar-refractivity contribution in [2.45, 2.75) is 58.4 Å². The Balaban J connectivity index is 1.98. The molecular weight excluding hydrogens is 288 g/mol. The molecule has 1 aliphatic carbocycles. The van der Waals surface area contributed by atoms with Crippen LogP contribution in [0.3, 0.4) is 0 Å². The summed E-state index contributed by atoms with van der Waals surface area (Å²) in [6.45, 7) is 7.91. The fraction of sp³-hybridized carbons (Fsp3) is 0.632. The summed E-state index contributed by atoms with van der Waals surface area (Å²) in [5.41, 5.74) is 3.28. The zero-order chi connectivity index (χ0) is 16.8. The zero-order valence-corrected chi connectivity index (χ0v) is 14.6. The Morgan fingerprint density at radius 1 is 1.35 bits per heavy atom. The fourth-order valence-electron chi connectivity index (χ4n) is 2.96. The Morgan fingerprint density at radius 2 is 2.09 bits per heavy atom. The third-order valence-corrected chi connectivity index (χ3v) is 4.45. The monoisotopic (exact) mass is 318 g/mol. The SMILES string of the molecule is Cc1cccc(C(C)C)c1NC(=O)CN(CCCCO)C1CC1. The number of hydrogen-bond acceptors (Lipinski definition) is 3.